The fourth-order valence-electron chi connectivity index (χ4n) is 1.57. The molecule has 0 saturated carbocycles. The first kappa shape index (κ1) is 16.1. The molecule has 1 unspecified atom stereocenters. The van der Waals surface area contributed by atoms with Gasteiger partial charge in [0.25, 0.3) is 0 Å². The number of nitrogens with two attached hydrogens (primary N) is 1. The quantitative estimate of drug-likeness (QED) is 0.738. The van der Waals surface area contributed by atoms with Crippen molar-refractivity contribution in [3.05, 3.63) is 0 Å². The number of hydrogen-bond donors (Lipinski definition) is 2. The van der Waals surface area contributed by atoms with Gasteiger partial charge in [0.05, 0.1) is 5.92 Å². The second-order valence-electron chi connectivity index (χ2n) is 5.82. The first-order valence-electron chi connectivity index (χ1n) is 6.20. The van der Waals surface area contributed by atoms with Crippen LogP contribution in [-0.2, 0) is 9.59 Å². The van der Waals surface area contributed by atoms with Crippen LogP contribution in [-0.4, -0.2) is 24.8 Å². The van der Waals surface area contributed by atoms with E-state index >= 15 is 0 Å². The van der Waals surface area contributed by atoms with E-state index in [1.54, 1.807) is 0 Å². The minimum atomic E-state index is -0.211. The lowest BCUT2D eigenvalue weighted by atomic mass is 9.80. The van der Waals surface area contributed by atoms with Crippen molar-refractivity contribution in [2.75, 3.05) is 13.1 Å². The van der Waals surface area contributed by atoms with E-state index in [1.807, 2.05) is 34.6 Å². The van der Waals surface area contributed by atoms with Crippen molar-refractivity contribution in [3.63, 3.8) is 0 Å². The molecule has 3 N–H and O–H groups in total. The van der Waals surface area contributed by atoms with Crippen LogP contribution in [0, 0.1) is 17.3 Å². The molecule has 0 aliphatic carbocycles. The van der Waals surface area contributed by atoms with E-state index < -0.39 is 0 Å². The predicted octanol–water partition coefficient (Wildman–Crippen LogP) is 1.34. The highest BCUT2D eigenvalue weighted by molar-refractivity contribution is 5.82. The van der Waals surface area contributed by atoms with Gasteiger partial charge >= 0.3 is 0 Å². The lowest BCUT2D eigenvalue weighted by Crippen LogP contribution is -2.42. The second kappa shape index (κ2) is 6.74. The summed E-state index contributed by atoms with van der Waals surface area (Å²) in [6, 6.07) is 0. The number of hydrogen-bond acceptors (Lipinski definition) is 3. The van der Waals surface area contributed by atoms with Crippen LogP contribution in [0.4, 0.5) is 0 Å². The molecule has 4 nitrogen and oxygen atoms in total. The Morgan fingerprint density at radius 2 is 1.76 bits per heavy atom. The summed E-state index contributed by atoms with van der Waals surface area (Å²) in [5.74, 6) is -0.0709. The maximum atomic E-state index is 11.9. The number of carbonyl (C=O) groups is 2. The molecule has 100 valence electrons. The summed E-state index contributed by atoms with van der Waals surface area (Å²) in [6.07, 6.45) is 0.394. The van der Waals surface area contributed by atoms with E-state index in [2.05, 4.69) is 5.32 Å². The summed E-state index contributed by atoms with van der Waals surface area (Å²) >= 11 is 0. The summed E-state index contributed by atoms with van der Waals surface area (Å²) in [6.45, 7) is 10.4. The number of nitrogens with one attached hydrogen (secondary N) is 1. The fraction of sp³-hybridized carbons (Fsp3) is 0.846. The molecule has 1 amide bonds. The first-order valence-corrected chi connectivity index (χ1v) is 6.20. The third kappa shape index (κ3) is 5.82. The van der Waals surface area contributed by atoms with E-state index in [-0.39, 0.29) is 28.9 Å². The van der Waals surface area contributed by atoms with Crippen molar-refractivity contribution in [1.29, 1.82) is 0 Å². The van der Waals surface area contributed by atoms with E-state index in [0.29, 0.717) is 19.5 Å². The van der Waals surface area contributed by atoms with Gasteiger partial charge in [0.2, 0.25) is 5.91 Å². The number of ketones is 1. The monoisotopic (exact) mass is 242 g/mol. The van der Waals surface area contributed by atoms with E-state index in [0.717, 1.165) is 0 Å². The molecule has 0 aromatic heterocycles. The van der Waals surface area contributed by atoms with Gasteiger partial charge in [-0.3, -0.25) is 9.59 Å². The van der Waals surface area contributed by atoms with E-state index in [9.17, 15) is 9.59 Å². The van der Waals surface area contributed by atoms with Crippen molar-refractivity contribution >= 4 is 11.7 Å². The first-order chi connectivity index (χ1) is 7.70. The van der Waals surface area contributed by atoms with Gasteiger partial charge in [-0.2, -0.15) is 0 Å². The Balaban J connectivity index is 4.14. The van der Waals surface area contributed by atoms with Crippen molar-refractivity contribution in [2.24, 2.45) is 23.0 Å². The zero-order valence-electron chi connectivity index (χ0n) is 11.7. The Morgan fingerprint density at radius 1 is 1.24 bits per heavy atom. The van der Waals surface area contributed by atoms with Crippen LogP contribution in [0.5, 0.6) is 0 Å². The highest BCUT2D eigenvalue weighted by Crippen LogP contribution is 2.24. The van der Waals surface area contributed by atoms with Gasteiger partial charge in [0.1, 0.15) is 5.78 Å². The molecule has 0 heterocycles. The van der Waals surface area contributed by atoms with Gasteiger partial charge in [-0.15, -0.1) is 0 Å². The molecule has 0 rings (SSSR count). The zero-order valence-corrected chi connectivity index (χ0v) is 11.7. The summed E-state index contributed by atoms with van der Waals surface area (Å²) in [4.78, 5) is 23.3. The average molecular weight is 242 g/mol. The van der Waals surface area contributed by atoms with Crippen molar-refractivity contribution in [3.8, 4) is 0 Å². The van der Waals surface area contributed by atoms with Crippen LogP contribution in [0.1, 0.15) is 41.0 Å². The molecule has 0 saturated heterocycles. The summed E-state index contributed by atoms with van der Waals surface area (Å²) < 4.78 is 0. The normalized spacial score (nSPS) is 13.6. The molecule has 0 bridgehead atoms. The predicted molar refractivity (Wildman–Crippen MR) is 69.5 cm³/mol. The Kier molecular flexibility index (Phi) is 6.39. The van der Waals surface area contributed by atoms with Crippen LogP contribution >= 0.6 is 0 Å². The number of carbonyl (C=O) groups excluding carboxylic acids is 2. The minimum Gasteiger partial charge on any atom is -0.355 e. The fourth-order valence-corrected chi connectivity index (χ4v) is 1.57. The van der Waals surface area contributed by atoms with Gasteiger partial charge in [-0.1, -0.05) is 34.6 Å². The van der Waals surface area contributed by atoms with Crippen LogP contribution in [0.15, 0.2) is 0 Å². The van der Waals surface area contributed by atoms with Crippen molar-refractivity contribution in [2.45, 2.75) is 41.0 Å². The molecule has 0 fully saturated rings. The van der Waals surface area contributed by atoms with Crippen LogP contribution < -0.4 is 11.1 Å². The van der Waals surface area contributed by atoms with Gasteiger partial charge in [-0.05, 0) is 5.41 Å². The molecule has 0 aromatic carbocycles. The molecular weight excluding hydrogens is 216 g/mol. The van der Waals surface area contributed by atoms with E-state index in [1.165, 1.54) is 0 Å². The lowest BCUT2D eigenvalue weighted by Gasteiger charge is -2.28. The van der Waals surface area contributed by atoms with Crippen molar-refractivity contribution < 1.29 is 9.59 Å². The highest BCUT2D eigenvalue weighted by atomic mass is 16.2. The van der Waals surface area contributed by atoms with Crippen molar-refractivity contribution in [1.82, 2.24) is 5.32 Å². The highest BCUT2D eigenvalue weighted by Gasteiger charge is 2.29. The Labute approximate surface area is 104 Å². The summed E-state index contributed by atoms with van der Waals surface area (Å²) in [5.41, 5.74) is 5.46. The third-order valence-corrected chi connectivity index (χ3v) is 2.91. The molecule has 0 radical (unpaired) electrons. The van der Waals surface area contributed by atoms with Gasteiger partial charge in [0.15, 0.2) is 0 Å². The van der Waals surface area contributed by atoms with Crippen LogP contribution in [0.25, 0.3) is 0 Å². The average Bonchev–Trinajstić information content (AvgIpc) is 2.15. The van der Waals surface area contributed by atoms with Crippen LogP contribution in [0.3, 0.4) is 0 Å². The minimum absolute atomic E-state index is 0.0276. The Morgan fingerprint density at radius 3 is 2.12 bits per heavy atom. The Hall–Kier alpha value is -0.900. The molecule has 0 aromatic rings. The molecule has 0 aliphatic heterocycles. The van der Waals surface area contributed by atoms with Crippen LogP contribution in [0.2, 0.25) is 0 Å². The maximum Gasteiger partial charge on any atom is 0.224 e. The summed E-state index contributed by atoms with van der Waals surface area (Å²) in [7, 11) is 0. The molecule has 4 heteroatoms. The lowest BCUT2D eigenvalue weighted by molar-refractivity contribution is -0.128. The second-order valence-corrected chi connectivity index (χ2v) is 5.82. The summed E-state index contributed by atoms with van der Waals surface area (Å²) in [5, 5.41) is 2.79. The zero-order chi connectivity index (χ0) is 13.6. The largest absolute Gasteiger partial charge is 0.355 e. The number of rotatable bonds is 6. The van der Waals surface area contributed by atoms with E-state index in [4.69, 9.17) is 5.73 Å². The molecular formula is C13H26N2O2. The topological polar surface area (TPSA) is 72.2 Å². The molecule has 0 aliphatic rings. The Bertz CT molecular complexity index is 267. The van der Waals surface area contributed by atoms with Gasteiger partial charge in [-0.25, -0.2) is 0 Å². The molecule has 17 heavy (non-hydrogen) atoms. The molecule has 1 atom stereocenters. The number of Topliss-reactive ketones (excluding diaryl/α,β-unsaturated/α-hetero) is 1. The van der Waals surface area contributed by atoms with Gasteiger partial charge < -0.3 is 11.1 Å². The van der Waals surface area contributed by atoms with Gasteiger partial charge in [0, 0.05) is 25.4 Å². The SMILES string of the molecule is CC(C)C(=O)CCNC(=O)C(CN)C(C)(C)C. The maximum absolute atomic E-state index is 11.9. The number of amides is 1. The molecule has 0 spiro atoms. The smallest absolute Gasteiger partial charge is 0.224 e. The third-order valence-electron chi connectivity index (χ3n) is 2.91. The standard InChI is InChI=1S/C13H26N2O2/c1-9(2)11(16)6-7-15-12(17)10(8-14)13(3,4)5/h9-10H,6-8,14H2,1-5H3,(H,15,17).